The first-order chi connectivity index (χ1) is 14.4. The van der Waals surface area contributed by atoms with Crippen LogP contribution in [0.4, 0.5) is 23.4 Å². The molecule has 0 spiro atoms. The number of amides is 1. The highest BCUT2D eigenvalue weighted by Crippen LogP contribution is 2.26. The largest absolute Gasteiger partial charge is 0.489 e. The second-order valence-electron chi connectivity index (χ2n) is 6.39. The molecule has 0 atom stereocenters. The maximum absolute atomic E-state index is 13.8. The predicted octanol–water partition coefficient (Wildman–Crippen LogP) is 4.95. The van der Waals surface area contributed by atoms with E-state index in [2.05, 4.69) is 15.5 Å². The van der Waals surface area contributed by atoms with Gasteiger partial charge in [-0.25, -0.2) is 17.6 Å². The minimum absolute atomic E-state index is 0.147. The second-order valence-corrected chi connectivity index (χ2v) is 6.39. The fraction of sp³-hybridized carbons (Fsp3) is 0.0476. The fourth-order valence-electron chi connectivity index (χ4n) is 2.79. The Morgan fingerprint density at radius 1 is 0.933 bits per heavy atom. The van der Waals surface area contributed by atoms with Crippen molar-refractivity contribution in [2.75, 3.05) is 5.32 Å². The summed E-state index contributed by atoms with van der Waals surface area (Å²) in [5.74, 6) is -3.82. The average Bonchev–Trinajstić information content (AvgIpc) is 3.12. The molecular formula is C21H13F4N3O2. The lowest BCUT2D eigenvalue weighted by Gasteiger charge is -2.08. The van der Waals surface area contributed by atoms with Crippen molar-refractivity contribution in [3.8, 4) is 5.75 Å². The zero-order chi connectivity index (χ0) is 21.3. The summed E-state index contributed by atoms with van der Waals surface area (Å²) in [6.45, 7) is -0.330. The molecule has 0 bridgehead atoms. The van der Waals surface area contributed by atoms with Crippen LogP contribution in [0.15, 0.2) is 54.6 Å². The maximum atomic E-state index is 13.8. The molecule has 3 aromatic carbocycles. The van der Waals surface area contributed by atoms with Crippen molar-refractivity contribution in [1.82, 2.24) is 10.2 Å². The lowest BCUT2D eigenvalue weighted by molar-refractivity contribution is 0.102. The Bertz CT molecular complexity index is 1240. The molecule has 2 N–H and O–H groups in total. The Labute approximate surface area is 167 Å². The van der Waals surface area contributed by atoms with E-state index < -0.39 is 29.2 Å². The van der Waals surface area contributed by atoms with Crippen LogP contribution in [0.25, 0.3) is 10.9 Å². The summed E-state index contributed by atoms with van der Waals surface area (Å²) in [5.41, 5.74) is 0.690. The molecule has 1 aromatic heterocycles. The van der Waals surface area contributed by atoms with Crippen LogP contribution >= 0.6 is 0 Å². The van der Waals surface area contributed by atoms with Crippen molar-refractivity contribution in [2.24, 2.45) is 0 Å². The summed E-state index contributed by atoms with van der Waals surface area (Å²) in [4.78, 5) is 12.3. The van der Waals surface area contributed by atoms with Gasteiger partial charge in [0.25, 0.3) is 5.91 Å². The van der Waals surface area contributed by atoms with Crippen LogP contribution in [-0.2, 0) is 6.61 Å². The highest BCUT2D eigenvalue weighted by Gasteiger charge is 2.14. The Balaban J connectivity index is 1.53. The Hall–Kier alpha value is -3.88. The lowest BCUT2D eigenvalue weighted by Crippen LogP contribution is -2.12. The van der Waals surface area contributed by atoms with E-state index in [1.807, 2.05) is 0 Å². The van der Waals surface area contributed by atoms with E-state index in [4.69, 9.17) is 4.74 Å². The zero-order valence-corrected chi connectivity index (χ0v) is 15.2. The molecule has 30 heavy (non-hydrogen) atoms. The number of aromatic amines is 1. The number of hydrogen-bond donors (Lipinski definition) is 2. The van der Waals surface area contributed by atoms with E-state index in [0.717, 1.165) is 6.07 Å². The van der Waals surface area contributed by atoms with Gasteiger partial charge in [0.2, 0.25) is 0 Å². The lowest BCUT2D eigenvalue weighted by atomic mass is 10.2. The summed E-state index contributed by atoms with van der Waals surface area (Å²) in [6.07, 6.45) is 0. The van der Waals surface area contributed by atoms with E-state index in [1.54, 1.807) is 18.2 Å². The first-order valence-corrected chi connectivity index (χ1v) is 8.72. The highest BCUT2D eigenvalue weighted by molar-refractivity contribution is 6.07. The van der Waals surface area contributed by atoms with E-state index in [0.29, 0.717) is 22.7 Å². The average molecular weight is 415 g/mol. The van der Waals surface area contributed by atoms with E-state index in [-0.39, 0.29) is 23.6 Å². The topological polar surface area (TPSA) is 67.0 Å². The number of nitrogens with zero attached hydrogens (tertiary/aromatic N) is 1. The number of anilines is 1. The quantitative estimate of drug-likeness (QED) is 0.358. The third kappa shape index (κ3) is 3.95. The van der Waals surface area contributed by atoms with Crippen molar-refractivity contribution in [1.29, 1.82) is 0 Å². The molecule has 0 saturated heterocycles. The second kappa shape index (κ2) is 7.86. The van der Waals surface area contributed by atoms with Crippen LogP contribution in [0.5, 0.6) is 5.75 Å². The molecule has 4 aromatic rings. The Morgan fingerprint density at radius 3 is 2.43 bits per heavy atom. The van der Waals surface area contributed by atoms with Gasteiger partial charge in [0.15, 0.2) is 17.5 Å². The summed E-state index contributed by atoms with van der Waals surface area (Å²) >= 11 is 0. The molecule has 1 amide bonds. The molecule has 0 aliphatic carbocycles. The van der Waals surface area contributed by atoms with Crippen LogP contribution < -0.4 is 10.1 Å². The number of carbonyl (C=O) groups is 1. The predicted molar refractivity (Wildman–Crippen MR) is 101 cm³/mol. The first kappa shape index (κ1) is 19.4. The van der Waals surface area contributed by atoms with Gasteiger partial charge < -0.3 is 10.1 Å². The fourth-order valence-corrected chi connectivity index (χ4v) is 2.79. The molecular weight excluding hydrogens is 402 g/mol. The molecule has 0 radical (unpaired) electrons. The van der Waals surface area contributed by atoms with Crippen molar-refractivity contribution in [3.63, 3.8) is 0 Å². The minimum atomic E-state index is -1.28. The highest BCUT2D eigenvalue weighted by atomic mass is 19.2. The van der Waals surface area contributed by atoms with E-state index in [1.165, 1.54) is 24.3 Å². The van der Waals surface area contributed by atoms with E-state index >= 15 is 0 Å². The maximum Gasteiger partial charge on any atom is 0.256 e. The third-order valence-electron chi connectivity index (χ3n) is 4.36. The van der Waals surface area contributed by atoms with Gasteiger partial charge in [-0.15, -0.1) is 0 Å². The summed E-state index contributed by atoms with van der Waals surface area (Å²) in [7, 11) is 0. The molecule has 0 aliphatic heterocycles. The molecule has 152 valence electrons. The number of halogens is 4. The number of hydrogen-bond acceptors (Lipinski definition) is 3. The zero-order valence-electron chi connectivity index (χ0n) is 15.2. The van der Waals surface area contributed by atoms with Crippen molar-refractivity contribution >= 4 is 22.6 Å². The number of ether oxygens (including phenoxy) is 1. The van der Waals surface area contributed by atoms with Gasteiger partial charge in [0, 0.05) is 22.6 Å². The van der Waals surface area contributed by atoms with Crippen molar-refractivity contribution in [3.05, 3.63) is 89.0 Å². The van der Waals surface area contributed by atoms with Crippen molar-refractivity contribution in [2.45, 2.75) is 6.61 Å². The standard InChI is InChI=1S/C21H13F4N3O2/c22-13-3-1-11(2-4-13)21(29)26-20-15-8-14(5-6-19(15)27-28-20)30-10-12-7-17(24)18(25)9-16(12)23/h1-9H,10H2,(H2,26,27,28,29). The summed E-state index contributed by atoms with van der Waals surface area (Å²) < 4.78 is 58.6. The van der Waals surface area contributed by atoms with Crippen LogP contribution in [-0.4, -0.2) is 16.1 Å². The molecule has 1 heterocycles. The Kier molecular flexibility index (Phi) is 5.09. The number of rotatable bonds is 5. The molecule has 5 nitrogen and oxygen atoms in total. The smallest absolute Gasteiger partial charge is 0.256 e. The number of fused-ring (bicyclic) bond motifs is 1. The number of aromatic nitrogens is 2. The van der Waals surface area contributed by atoms with Gasteiger partial charge in [-0.3, -0.25) is 9.89 Å². The monoisotopic (exact) mass is 415 g/mol. The number of carbonyl (C=O) groups excluding carboxylic acids is 1. The van der Waals surface area contributed by atoms with Gasteiger partial charge in [0.05, 0.1) is 5.52 Å². The van der Waals surface area contributed by atoms with Crippen molar-refractivity contribution < 1.29 is 27.1 Å². The number of nitrogens with one attached hydrogen (secondary N) is 2. The first-order valence-electron chi connectivity index (χ1n) is 8.72. The van der Waals surface area contributed by atoms with Crippen LogP contribution in [0, 0.1) is 23.3 Å². The van der Waals surface area contributed by atoms with Gasteiger partial charge >= 0.3 is 0 Å². The third-order valence-corrected chi connectivity index (χ3v) is 4.36. The molecule has 0 fully saturated rings. The molecule has 4 rings (SSSR count). The number of benzene rings is 3. The summed E-state index contributed by atoms with van der Waals surface area (Å²) in [5, 5.41) is 9.90. The number of H-pyrrole nitrogens is 1. The molecule has 0 saturated carbocycles. The van der Waals surface area contributed by atoms with Crippen LogP contribution in [0.1, 0.15) is 15.9 Å². The molecule has 0 unspecified atom stereocenters. The van der Waals surface area contributed by atoms with Gasteiger partial charge in [-0.2, -0.15) is 5.10 Å². The molecule has 0 aliphatic rings. The Morgan fingerprint density at radius 2 is 1.67 bits per heavy atom. The minimum Gasteiger partial charge on any atom is -0.489 e. The van der Waals surface area contributed by atoms with Gasteiger partial charge in [-0.1, -0.05) is 0 Å². The van der Waals surface area contributed by atoms with Gasteiger partial charge in [-0.05, 0) is 48.5 Å². The van der Waals surface area contributed by atoms with Crippen LogP contribution in [0.3, 0.4) is 0 Å². The van der Waals surface area contributed by atoms with Crippen LogP contribution in [0.2, 0.25) is 0 Å². The normalized spacial score (nSPS) is 10.9. The SMILES string of the molecule is O=C(Nc1n[nH]c2ccc(OCc3cc(F)c(F)cc3F)cc12)c1ccc(F)cc1. The van der Waals surface area contributed by atoms with E-state index in [9.17, 15) is 22.4 Å². The summed E-state index contributed by atoms with van der Waals surface area (Å²) in [6, 6.07) is 11.0. The molecule has 9 heteroatoms. The van der Waals surface area contributed by atoms with Gasteiger partial charge in [0.1, 0.15) is 24.0 Å².